The van der Waals surface area contributed by atoms with Gasteiger partial charge in [-0.05, 0) is 36.8 Å². The summed E-state index contributed by atoms with van der Waals surface area (Å²) >= 11 is 0. The molecular formula is C21H26N4O4S. The molecule has 3 rings (SSSR count). The number of nitrogens with one attached hydrogen (secondary N) is 1. The van der Waals surface area contributed by atoms with E-state index in [4.69, 9.17) is 0 Å². The van der Waals surface area contributed by atoms with Gasteiger partial charge in [0, 0.05) is 38.9 Å². The molecule has 1 saturated heterocycles. The number of hydrogen-bond acceptors (Lipinski definition) is 4. The van der Waals surface area contributed by atoms with Gasteiger partial charge >= 0.3 is 6.03 Å². The highest BCUT2D eigenvalue weighted by Gasteiger charge is 2.28. The number of anilines is 1. The van der Waals surface area contributed by atoms with Crippen molar-refractivity contribution >= 4 is 27.6 Å². The monoisotopic (exact) mass is 430 g/mol. The molecule has 2 aromatic rings. The number of carbonyl (C=O) groups is 2. The summed E-state index contributed by atoms with van der Waals surface area (Å²) in [6.07, 6.45) is 0. The number of piperazine rings is 1. The van der Waals surface area contributed by atoms with Crippen molar-refractivity contribution < 1.29 is 18.0 Å². The molecule has 0 bridgehead atoms. The second-order valence-electron chi connectivity index (χ2n) is 7.24. The van der Waals surface area contributed by atoms with Crippen molar-refractivity contribution in [2.24, 2.45) is 0 Å². The molecule has 0 unspecified atom stereocenters. The van der Waals surface area contributed by atoms with Crippen molar-refractivity contribution in [2.75, 3.05) is 45.1 Å². The highest BCUT2D eigenvalue weighted by atomic mass is 32.2. The van der Waals surface area contributed by atoms with Gasteiger partial charge < -0.3 is 15.1 Å². The summed E-state index contributed by atoms with van der Waals surface area (Å²) in [5, 5.41) is 2.86. The van der Waals surface area contributed by atoms with E-state index in [9.17, 15) is 18.0 Å². The lowest BCUT2D eigenvalue weighted by atomic mass is 10.2. The van der Waals surface area contributed by atoms with Crippen LogP contribution in [-0.4, -0.2) is 74.2 Å². The minimum absolute atomic E-state index is 0.151. The van der Waals surface area contributed by atoms with Gasteiger partial charge in [0.25, 0.3) is 0 Å². The fraction of sp³-hybridized carbons (Fsp3) is 0.333. The average molecular weight is 431 g/mol. The largest absolute Gasteiger partial charge is 0.338 e. The first kappa shape index (κ1) is 21.8. The molecule has 1 aliphatic heterocycles. The van der Waals surface area contributed by atoms with E-state index >= 15 is 0 Å². The number of carbonyl (C=O) groups excluding carboxylic acids is 2. The number of hydrogen-bond donors (Lipinski definition) is 1. The standard InChI is InChI=1S/C21H26N4O4S/c1-17-7-6-8-18(15-17)22-21(27)25-13-11-24(12-14-25)20(26)16-23(2)30(28,29)19-9-4-3-5-10-19/h3-10,15H,11-14,16H2,1-2H3,(H,22,27). The normalized spacial score (nSPS) is 14.6. The van der Waals surface area contributed by atoms with E-state index in [1.165, 1.54) is 19.2 Å². The first-order chi connectivity index (χ1) is 14.3. The lowest BCUT2D eigenvalue weighted by molar-refractivity contribution is -0.132. The number of likely N-dealkylation sites (N-methyl/N-ethyl adjacent to an activating group) is 1. The Morgan fingerprint density at radius 1 is 0.967 bits per heavy atom. The van der Waals surface area contributed by atoms with Crippen LogP contribution in [0.1, 0.15) is 5.56 Å². The fourth-order valence-corrected chi connectivity index (χ4v) is 4.37. The van der Waals surface area contributed by atoms with Gasteiger partial charge in [0.2, 0.25) is 15.9 Å². The Bertz CT molecular complexity index is 1000. The molecule has 30 heavy (non-hydrogen) atoms. The van der Waals surface area contributed by atoms with Crippen molar-refractivity contribution in [1.82, 2.24) is 14.1 Å². The van der Waals surface area contributed by atoms with E-state index in [0.29, 0.717) is 26.2 Å². The lowest BCUT2D eigenvalue weighted by Gasteiger charge is -2.35. The summed E-state index contributed by atoms with van der Waals surface area (Å²) in [7, 11) is -2.33. The molecule has 2 aromatic carbocycles. The number of amides is 3. The van der Waals surface area contributed by atoms with E-state index < -0.39 is 10.0 Å². The predicted octanol–water partition coefficient (Wildman–Crippen LogP) is 1.99. The molecule has 3 amide bonds. The summed E-state index contributed by atoms with van der Waals surface area (Å²) in [5.41, 5.74) is 1.78. The van der Waals surface area contributed by atoms with E-state index in [-0.39, 0.29) is 23.4 Å². The Balaban J connectivity index is 1.52. The number of benzene rings is 2. The van der Waals surface area contributed by atoms with Crippen LogP contribution in [0.4, 0.5) is 10.5 Å². The highest BCUT2D eigenvalue weighted by molar-refractivity contribution is 7.89. The van der Waals surface area contributed by atoms with Crippen LogP contribution in [0.15, 0.2) is 59.5 Å². The zero-order valence-electron chi connectivity index (χ0n) is 17.1. The van der Waals surface area contributed by atoms with E-state index in [2.05, 4.69) is 5.32 Å². The highest BCUT2D eigenvalue weighted by Crippen LogP contribution is 2.15. The third-order valence-electron chi connectivity index (χ3n) is 5.00. The molecule has 9 heteroatoms. The van der Waals surface area contributed by atoms with Crippen LogP contribution in [0.3, 0.4) is 0 Å². The number of rotatable bonds is 5. The molecular weight excluding hydrogens is 404 g/mol. The second kappa shape index (κ2) is 9.27. The summed E-state index contributed by atoms with van der Waals surface area (Å²) in [5.74, 6) is -0.282. The molecule has 160 valence electrons. The average Bonchev–Trinajstić information content (AvgIpc) is 2.74. The summed E-state index contributed by atoms with van der Waals surface area (Å²) in [6.45, 7) is 3.21. The van der Waals surface area contributed by atoms with Crippen molar-refractivity contribution in [3.8, 4) is 0 Å². The summed E-state index contributed by atoms with van der Waals surface area (Å²) in [4.78, 5) is 28.4. The smallest absolute Gasteiger partial charge is 0.321 e. The van der Waals surface area contributed by atoms with Crippen molar-refractivity contribution in [1.29, 1.82) is 0 Å². The number of sulfonamides is 1. The maximum atomic E-state index is 12.6. The molecule has 1 aliphatic rings. The van der Waals surface area contributed by atoms with Crippen LogP contribution in [0.5, 0.6) is 0 Å². The first-order valence-corrected chi connectivity index (χ1v) is 11.1. The molecule has 0 atom stereocenters. The lowest BCUT2D eigenvalue weighted by Crippen LogP contribution is -2.53. The Labute approximate surface area is 177 Å². The van der Waals surface area contributed by atoms with Gasteiger partial charge in [-0.2, -0.15) is 4.31 Å². The van der Waals surface area contributed by atoms with E-state index in [0.717, 1.165) is 15.6 Å². The minimum Gasteiger partial charge on any atom is -0.338 e. The number of urea groups is 1. The number of aryl methyl sites for hydroxylation is 1. The van der Waals surface area contributed by atoms with Crippen LogP contribution < -0.4 is 5.32 Å². The van der Waals surface area contributed by atoms with Gasteiger partial charge in [0.1, 0.15) is 0 Å². The first-order valence-electron chi connectivity index (χ1n) is 9.69. The maximum absolute atomic E-state index is 12.6. The SMILES string of the molecule is Cc1cccc(NC(=O)N2CCN(C(=O)CN(C)S(=O)(=O)c3ccccc3)CC2)c1. The quantitative estimate of drug-likeness (QED) is 0.786. The van der Waals surface area contributed by atoms with Gasteiger partial charge in [-0.15, -0.1) is 0 Å². The topological polar surface area (TPSA) is 90.0 Å². The van der Waals surface area contributed by atoms with Crippen LogP contribution >= 0.6 is 0 Å². The third-order valence-corrected chi connectivity index (χ3v) is 6.82. The van der Waals surface area contributed by atoms with Crippen LogP contribution in [0.2, 0.25) is 0 Å². The molecule has 1 heterocycles. The predicted molar refractivity (Wildman–Crippen MR) is 115 cm³/mol. The van der Waals surface area contributed by atoms with Gasteiger partial charge in [0.05, 0.1) is 11.4 Å². The van der Waals surface area contributed by atoms with Crippen LogP contribution in [0.25, 0.3) is 0 Å². The van der Waals surface area contributed by atoms with Gasteiger partial charge in [-0.25, -0.2) is 13.2 Å². The molecule has 8 nitrogen and oxygen atoms in total. The molecule has 0 aromatic heterocycles. The van der Waals surface area contributed by atoms with Crippen molar-refractivity contribution in [2.45, 2.75) is 11.8 Å². The van der Waals surface area contributed by atoms with Crippen LogP contribution in [-0.2, 0) is 14.8 Å². The zero-order valence-corrected chi connectivity index (χ0v) is 17.9. The minimum atomic E-state index is -3.72. The van der Waals surface area contributed by atoms with Gasteiger partial charge in [0.15, 0.2) is 0 Å². The zero-order chi connectivity index (χ0) is 21.7. The Morgan fingerprint density at radius 3 is 2.23 bits per heavy atom. The molecule has 1 fully saturated rings. The van der Waals surface area contributed by atoms with Crippen molar-refractivity contribution in [3.05, 3.63) is 60.2 Å². The Morgan fingerprint density at radius 2 is 1.60 bits per heavy atom. The van der Waals surface area contributed by atoms with Crippen molar-refractivity contribution in [3.63, 3.8) is 0 Å². The number of nitrogens with zero attached hydrogens (tertiary/aromatic N) is 3. The summed E-state index contributed by atoms with van der Waals surface area (Å²) < 4.78 is 26.2. The molecule has 0 radical (unpaired) electrons. The maximum Gasteiger partial charge on any atom is 0.321 e. The van der Waals surface area contributed by atoms with Gasteiger partial charge in [-0.1, -0.05) is 30.3 Å². The second-order valence-corrected chi connectivity index (χ2v) is 9.29. The third kappa shape index (κ3) is 5.17. The summed E-state index contributed by atoms with van der Waals surface area (Å²) in [6, 6.07) is 15.4. The fourth-order valence-electron chi connectivity index (χ4n) is 3.23. The molecule has 1 N–H and O–H groups in total. The molecule has 0 spiro atoms. The Hall–Kier alpha value is -2.91. The molecule has 0 aliphatic carbocycles. The van der Waals surface area contributed by atoms with Crippen LogP contribution in [0, 0.1) is 6.92 Å². The molecule has 0 saturated carbocycles. The Kier molecular flexibility index (Phi) is 6.73. The van der Waals surface area contributed by atoms with E-state index in [1.54, 1.807) is 28.0 Å². The van der Waals surface area contributed by atoms with Gasteiger partial charge in [-0.3, -0.25) is 4.79 Å². The van der Waals surface area contributed by atoms with E-state index in [1.807, 2.05) is 31.2 Å².